The number of nitrogens with zero attached hydrogens (tertiary/aromatic N) is 1. The second kappa shape index (κ2) is 8.49. The molecule has 3 rings (SSSR count). The molecule has 3 amide bonds. The van der Waals surface area contributed by atoms with Crippen molar-refractivity contribution in [3.63, 3.8) is 0 Å². The lowest BCUT2D eigenvalue weighted by Crippen LogP contribution is -2.35. The first-order valence-corrected chi connectivity index (χ1v) is 9.11. The fourth-order valence-corrected chi connectivity index (χ4v) is 3.09. The zero-order valence-electron chi connectivity index (χ0n) is 15.3. The monoisotopic (exact) mass is 365 g/mol. The minimum absolute atomic E-state index is 0.0234. The Morgan fingerprint density at radius 2 is 1.26 bits per heavy atom. The van der Waals surface area contributed by atoms with Crippen molar-refractivity contribution in [2.45, 2.75) is 26.2 Å². The summed E-state index contributed by atoms with van der Waals surface area (Å²) in [6.45, 7) is 3.04. The van der Waals surface area contributed by atoms with Crippen LogP contribution in [0.4, 0.5) is 11.4 Å². The van der Waals surface area contributed by atoms with Gasteiger partial charge in [-0.05, 0) is 67.8 Å². The van der Waals surface area contributed by atoms with E-state index in [2.05, 4.69) is 10.6 Å². The molecule has 2 aromatic carbocycles. The number of likely N-dealkylation sites (tertiary alicyclic amines) is 1. The summed E-state index contributed by atoms with van der Waals surface area (Å²) in [5.74, 6) is -0.375. The molecular weight excluding hydrogens is 342 g/mol. The molecule has 0 atom stereocenters. The Morgan fingerprint density at radius 1 is 0.741 bits per heavy atom. The topological polar surface area (TPSA) is 78.5 Å². The molecule has 6 nitrogen and oxygen atoms in total. The fraction of sp³-hybridized carbons (Fsp3) is 0.286. The molecular formula is C21H23N3O3. The average molecular weight is 365 g/mol. The van der Waals surface area contributed by atoms with Crippen LogP contribution in [0.25, 0.3) is 0 Å². The van der Waals surface area contributed by atoms with E-state index >= 15 is 0 Å². The molecule has 6 heteroatoms. The van der Waals surface area contributed by atoms with E-state index in [-0.39, 0.29) is 17.7 Å². The van der Waals surface area contributed by atoms with Crippen LogP contribution in [0.1, 0.15) is 46.9 Å². The van der Waals surface area contributed by atoms with Gasteiger partial charge in [0.1, 0.15) is 0 Å². The van der Waals surface area contributed by atoms with Gasteiger partial charge in [0.05, 0.1) is 0 Å². The van der Waals surface area contributed by atoms with Crippen LogP contribution in [-0.4, -0.2) is 35.7 Å². The van der Waals surface area contributed by atoms with Crippen LogP contribution in [0.15, 0.2) is 48.5 Å². The molecule has 27 heavy (non-hydrogen) atoms. The Hall–Kier alpha value is -3.15. The lowest BCUT2D eigenvalue weighted by atomic mass is 10.1. The highest BCUT2D eigenvalue weighted by Crippen LogP contribution is 2.16. The predicted molar refractivity (Wildman–Crippen MR) is 105 cm³/mol. The van der Waals surface area contributed by atoms with Crippen molar-refractivity contribution in [1.29, 1.82) is 0 Å². The van der Waals surface area contributed by atoms with E-state index in [9.17, 15) is 14.4 Å². The Balaban J connectivity index is 1.61. The molecule has 2 aromatic rings. The fourth-order valence-electron chi connectivity index (χ4n) is 3.09. The van der Waals surface area contributed by atoms with Gasteiger partial charge in [0.2, 0.25) is 5.91 Å². The second-order valence-corrected chi connectivity index (χ2v) is 6.64. The molecule has 0 saturated carbocycles. The maximum absolute atomic E-state index is 12.5. The Morgan fingerprint density at radius 3 is 1.81 bits per heavy atom. The van der Waals surface area contributed by atoms with Crippen molar-refractivity contribution in [1.82, 2.24) is 4.90 Å². The number of amides is 3. The maximum atomic E-state index is 12.5. The van der Waals surface area contributed by atoms with E-state index in [0.29, 0.717) is 22.5 Å². The highest BCUT2D eigenvalue weighted by atomic mass is 16.2. The predicted octanol–water partition coefficient (Wildman–Crippen LogP) is 3.52. The number of rotatable bonds is 4. The Kier molecular flexibility index (Phi) is 5.86. The molecule has 0 unspecified atom stereocenters. The van der Waals surface area contributed by atoms with E-state index in [0.717, 1.165) is 25.9 Å². The molecule has 1 fully saturated rings. The average Bonchev–Trinajstić information content (AvgIpc) is 2.69. The molecule has 140 valence electrons. The third-order valence-corrected chi connectivity index (χ3v) is 4.50. The number of hydrogen-bond donors (Lipinski definition) is 2. The summed E-state index contributed by atoms with van der Waals surface area (Å²) >= 11 is 0. The van der Waals surface area contributed by atoms with E-state index in [1.165, 1.54) is 13.3 Å². The van der Waals surface area contributed by atoms with Crippen LogP contribution in [0.3, 0.4) is 0 Å². The van der Waals surface area contributed by atoms with Gasteiger partial charge in [-0.2, -0.15) is 0 Å². The van der Waals surface area contributed by atoms with Gasteiger partial charge in [-0.3, -0.25) is 14.4 Å². The van der Waals surface area contributed by atoms with Crippen LogP contribution in [-0.2, 0) is 4.79 Å². The quantitative estimate of drug-likeness (QED) is 0.870. The molecule has 0 aliphatic carbocycles. The molecule has 0 bridgehead atoms. The molecule has 1 saturated heterocycles. The molecule has 1 heterocycles. The van der Waals surface area contributed by atoms with Crippen molar-refractivity contribution in [3.05, 3.63) is 59.7 Å². The SMILES string of the molecule is CC(=O)Nc1ccc(NC(=O)c2ccc(C(=O)N3CCCCC3)cc2)cc1. The van der Waals surface area contributed by atoms with Crippen molar-refractivity contribution < 1.29 is 14.4 Å². The van der Waals surface area contributed by atoms with Crippen molar-refractivity contribution in [3.8, 4) is 0 Å². The van der Waals surface area contributed by atoms with E-state index in [1.54, 1.807) is 48.5 Å². The summed E-state index contributed by atoms with van der Waals surface area (Å²) in [6.07, 6.45) is 3.27. The summed E-state index contributed by atoms with van der Waals surface area (Å²) in [4.78, 5) is 37.8. The standard InChI is InChI=1S/C21H23N3O3/c1-15(25)22-18-9-11-19(12-10-18)23-20(26)16-5-7-17(8-6-16)21(27)24-13-3-2-4-14-24/h5-12H,2-4,13-14H2,1H3,(H,22,25)(H,23,26). The number of nitrogens with one attached hydrogen (secondary N) is 2. The number of carbonyl (C=O) groups excluding carboxylic acids is 3. The van der Waals surface area contributed by atoms with Crippen molar-refractivity contribution in [2.24, 2.45) is 0 Å². The normalized spacial score (nSPS) is 13.7. The third kappa shape index (κ3) is 4.94. The molecule has 1 aliphatic rings. The molecule has 1 aliphatic heterocycles. The lowest BCUT2D eigenvalue weighted by Gasteiger charge is -2.26. The summed E-state index contributed by atoms with van der Waals surface area (Å²) in [7, 11) is 0. The number of benzene rings is 2. The van der Waals surface area contributed by atoms with Crippen LogP contribution >= 0.6 is 0 Å². The third-order valence-electron chi connectivity index (χ3n) is 4.50. The summed E-state index contributed by atoms with van der Waals surface area (Å²) in [6, 6.07) is 13.6. The summed E-state index contributed by atoms with van der Waals surface area (Å²) < 4.78 is 0. The van der Waals surface area contributed by atoms with Gasteiger partial charge in [-0.15, -0.1) is 0 Å². The highest BCUT2D eigenvalue weighted by Gasteiger charge is 2.18. The van der Waals surface area contributed by atoms with Gasteiger partial charge in [0.15, 0.2) is 0 Å². The van der Waals surface area contributed by atoms with Crippen molar-refractivity contribution >= 4 is 29.1 Å². The zero-order valence-corrected chi connectivity index (χ0v) is 15.3. The van der Waals surface area contributed by atoms with Crippen LogP contribution in [0.2, 0.25) is 0 Å². The Labute approximate surface area is 158 Å². The summed E-state index contributed by atoms with van der Waals surface area (Å²) in [5, 5.41) is 5.48. The number of piperidine rings is 1. The number of hydrogen-bond acceptors (Lipinski definition) is 3. The lowest BCUT2D eigenvalue weighted by molar-refractivity contribution is -0.114. The van der Waals surface area contributed by atoms with Gasteiger partial charge in [0.25, 0.3) is 11.8 Å². The minimum atomic E-state index is -0.251. The number of anilines is 2. The van der Waals surface area contributed by atoms with Gasteiger partial charge in [0, 0.05) is 42.5 Å². The minimum Gasteiger partial charge on any atom is -0.339 e. The van der Waals surface area contributed by atoms with E-state index in [4.69, 9.17) is 0 Å². The van der Waals surface area contributed by atoms with Gasteiger partial charge < -0.3 is 15.5 Å². The zero-order chi connectivity index (χ0) is 19.2. The molecule has 2 N–H and O–H groups in total. The first-order chi connectivity index (χ1) is 13.0. The highest BCUT2D eigenvalue weighted by molar-refractivity contribution is 6.05. The van der Waals surface area contributed by atoms with Crippen LogP contribution < -0.4 is 10.6 Å². The van der Waals surface area contributed by atoms with Crippen LogP contribution in [0, 0.1) is 0 Å². The largest absolute Gasteiger partial charge is 0.339 e. The van der Waals surface area contributed by atoms with Gasteiger partial charge in [-0.1, -0.05) is 0 Å². The van der Waals surface area contributed by atoms with Gasteiger partial charge in [-0.25, -0.2) is 0 Å². The maximum Gasteiger partial charge on any atom is 0.255 e. The molecule has 0 spiro atoms. The van der Waals surface area contributed by atoms with E-state index < -0.39 is 0 Å². The van der Waals surface area contributed by atoms with Gasteiger partial charge >= 0.3 is 0 Å². The molecule has 0 radical (unpaired) electrons. The Bertz CT molecular complexity index is 823. The summed E-state index contributed by atoms with van der Waals surface area (Å²) in [5.41, 5.74) is 2.38. The first kappa shape index (κ1) is 18.6. The molecule has 0 aromatic heterocycles. The van der Waals surface area contributed by atoms with Crippen LogP contribution in [0.5, 0.6) is 0 Å². The van der Waals surface area contributed by atoms with Crippen molar-refractivity contribution in [2.75, 3.05) is 23.7 Å². The first-order valence-electron chi connectivity index (χ1n) is 9.11. The smallest absolute Gasteiger partial charge is 0.255 e. The number of carbonyl (C=O) groups is 3. The second-order valence-electron chi connectivity index (χ2n) is 6.64. The van der Waals surface area contributed by atoms with E-state index in [1.807, 2.05) is 4.90 Å².